The van der Waals surface area contributed by atoms with Crippen LogP contribution in [0.25, 0.3) is 0 Å². The summed E-state index contributed by atoms with van der Waals surface area (Å²) in [5.74, 6) is 0.129. The number of ketones is 1. The predicted molar refractivity (Wildman–Crippen MR) is 58.1 cm³/mol. The molecular formula is C11H21NO2. The fourth-order valence-electron chi connectivity index (χ4n) is 1.13. The molecule has 0 aromatic carbocycles. The van der Waals surface area contributed by atoms with Crippen LogP contribution in [0.4, 0.5) is 0 Å². The number of nitrogens with two attached hydrogens (primary N) is 1. The Kier molecular flexibility index (Phi) is 7.34. The monoisotopic (exact) mass is 199 g/mol. The summed E-state index contributed by atoms with van der Waals surface area (Å²) in [7, 11) is 1.65. The number of hydrogen-bond acceptors (Lipinski definition) is 3. The summed E-state index contributed by atoms with van der Waals surface area (Å²) in [6.07, 6.45) is 2.82. The molecule has 1 atom stereocenters. The molecule has 3 heteroatoms. The van der Waals surface area contributed by atoms with Crippen molar-refractivity contribution in [3.8, 4) is 0 Å². The van der Waals surface area contributed by atoms with Crippen LogP contribution in [0.5, 0.6) is 0 Å². The summed E-state index contributed by atoms with van der Waals surface area (Å²) in [4.78, 5) is 11.4. The van der Waals surface area contributed by atoms with Gasteiger partial charge in [0, 0.05) is 20.1 Å². The average Bonchev–Trinajstić information content (AvgIpc) is 2.14. The van der Waals surface area contributed by atoms with Crippen molar-refractivity contribution in [2.45, 2.75) is 38.6 Å². The Hall–Kier alpha value is -0.670. The van der Waals surface area contributed by atoms with E-state index in [9.17, 15) is 4.79 Å². The number of carbonyl (C=O) groups excluding carboxylic acids is 1. The number of carbonyl (C=O) groups is 1. The minimum atomic E-state index is -0.329. The summed E-state index contributed by atoms with van der Waals surface area (Å²) >= 11 is 0. The van der Waals surface area contributed by atoms with Gasteiger partial charge in [0.2, 0.25) is 0 Å². The molecule has 0 radical (unpaired) electrons. The van der Waals surface area contributed by atoms with E-state index in [0.717, 1.165) is 18.4 Å². The highest BCUT2D eigenvalue weighted by atomic mass is 16.5. The van der Waals surface area contributed by atoms with Crippen molar-refractivity contribution in [1.82, 2.24) is 0 Å². The standard InChI is InChI=1S/C11H21NO2/c1-9(2)6-7-11(13)10(12)5-4-8-14-3/h10H,1,4-8,12H2,2-3H3. The van der Waals surface area contributed by atoms with E-state index in [4.69, 9.17) is 10.5 Å². The molecule has 0 aromatic rings. The maximum Gasteiger partial charge on any atom is 0.149 e. The maximum absolute atomic E-state index is 11.4. The Balaban J connectivity index is 3.59. The van der Waals surface area contributed by atoms with Gasteiger partial charge in [-0.3, -0.25) is 4.79 Å². The Labute approximate surface area is 86.3 Å². The van der Waals surface area contributed by atoms with E-state index >= 15 is 0 Å². The molecule has 0 fully saturated rings. The lowest BCUT2D eigenvalue weighted by Gasteiger charge is -2.09. The third-order valence-corrected chi connectivity index (χ3v) is 2.08. The minimum absolute atomic E-state index is 0.129. The van der Waals surface area contributed by atoms with Gasteiger partial charge in [-0.1, -0.05) is 5.57 Å². The summed E-state index contributed by atoms with van der Waals surface area (Å²) in [6.45, 7) is 6.34. The van der Waals surface area contributed by atoms with Crippen LogP contribution in [0.2, 0.25) is 0 Å². The van der Waals surface area contributed by atoms with E-state index in [-0.39, 0.29) is 11.8 Å². The molecule has 14 heavy (non-hydrogen) atoms. The number of hydrogen-bond donors (Lipinski definition) is 1. The van der Waals surface area contributed by atoms with E-state index < -0.39 is 0 Å². The van der Waals surface area contributed by atoms with Crippen LogP contribution in [-0.4, -0.2) is 25.5 Å². The molecule has 82 valence electrons. The van der Waals surface area contributed by atoms with Crippen molar-refractivity contribution >= 4 is 5.78 Å². The summed E-state index contributed by atoms with van der Waals surface area (Å²) in [5.41, 5.74) is 6.74. The van der Waals surface area contributed by atoms with Gasteiger partial charge in [0.25, 0.3) is 0 Å². The van der Waals surface area contributed by atoms with Gasteiger partial charge in [0.15, 0.2) is 0 Å². The van der Waals surface area contributed by atoms with E-state index in [1.165, 1.54) is 0 Å². The van der Waals surface area contributed by atoms with E-state index in [1.807, 2.05) is 6.92 Å². The second-order valence-electron chi connectivity index (χ2n) is 3.66. The van der Waals surface area contributed by atoms with Gasteiger partial charge in [0.05, 0.1) is 6.04 Å². The van der Waals surface area contributed by atoms with Crippen LogP contribution in [0.15, 0.2) is 12.2 Å². The zero-order valence-electron chi connectivity index (χ0n) is 9.21. The molecule has 0 aliphatic carbocycles. The third kappa shape index (κ3) is 6.80. The highest BCUT2D eigenvalue weighted by molar-refractivity contribution is 5.83. The van der Waals surface area contributed by atoms with Crippen LogP contribution in [-0.2, 0) is 9.53 Å². The van der Waals surface area contributed by atoms with Crippen molar-refractivity contribution in [3.63, 3.8) is 0 Å². The van der Waals surface area contributed by atoms with Crippen LogP contribution < -0.4 is 5.73 Å². The Morgan fingerprint density at radius 1 is 1.50 bits per heavy atom. The fraction of sp³-hybridized carbons (Fsp3) is 0.727. The van der Waals surface area contributed by atoms with Crippen LogP contribution >= 0.6 is 0 Å². The summed E-state index contributed by atoms with van der Waals surface area (Å²) in [5, 5.41) is 0. The van der Waals surface area contributed by atoms with Gasteiger partial charge >= 0.3 is 0 Å². The number of ether oxygens (including phenoxy) is 1. The fourth-order valence-corrected chi connectivity index (χ4v) is 1.13. The van der Waals surface area contributed by atoms with Gasteiger partial charge in [-0.15, -0.1) is 6.58 Å². The molecule has 0 amide bonds. The normalized spacial score (nSPS) is 12.5. The SMILES string of the molecule is C=C(C)CCC(=O)C(N)CCCOC. The zero-order valence-corrected chi connectivity index (χ0v) is 9.21. The second kappa shape index (κ2) is 7.71. The van der Waals surface area contributed by atoms with Crippen molar-refractivity contribution in [2.24, 2.45) is 5.73 Å². The molecule has 0 aliphatic heterocycles. The van der Waals surface area contributed by atoms with Gasteiger partial charge < -0.3 is 10.5 Å². The van der Waals surface area contributed by atoms with E-state index in [0.29, 0.717) is 19.4 Å². The van der Waals surface area contributed by atoms with Crippen LogP contribution in [0.1, 0.15) is 32.6 Å². The van der Waals surface area contributed by atoms with Gasteiger partial charge in [-0.25, -0.2) is 0 Å². The number of Topliss-reactive ketones (excluding diaryl/α,β-unsaturated/α-hetero) is 1. The molecule has 0 saturated heterocycles. The van der Waals surface area contributed by atoms with Gasteiger partial charge in [-0.2, -0.15) is 0 Å². The van der Waals surface area contributed by atoms with E-state index in [2.05, 4.69) is 6.58 Å². The molecule has 0 spiro atoms. The van der Waals surface area contributed by atoms with Crippen LogP contribution in [0.3, 0.4) is 0 Å². The van der Waals surface area contributed by atoms with Crippen molar-refractivity contribution < 1.29 is 9.53 Å². The first-order valence-electron chi connectivity index (χ1n) is 4.99. The van der Waals surface area contributed by atoms with Gasteiger partial charge in [-0.05, 0) is 26.2 Å². The highest BCUT2D eigenvalue weighted by Gasteiger charge is 2.12. The Morgan fingerprint density at radius 3 is 2.64 bits per heavy atom. The molecule has 2 N–H and O–H groups in total. The minimum Gasteiger partial charge on any atom is -0.385 e. The smallest absolute Gasteiger partial charge is 0.149 e. The molecule has 0 saturated carbocycles. The van der Waals surface area contributed by atoms with Crippen molar-refractivity contribution in [2.75, 3.05) is 13.7 Å². The molecular weight excluding hydrogens is 178 g/mol. The summed E-state index contributed by atoms with van der Waals surface area (Å²) in [6, 6.07) is -0.329. The third-order valence-electron chi connectivity index (χ3n) is 2.08. The summed E-state index contributed by atoms with van der Waals surface area (Å²) < 4.78 is 4.89. The molecule has 0 aromatic heterocycles. The van der Waals surface area contributed by atoms with E-state index in [1.54, 1.807) is 7.11 Å². The first kappa shape index (κ1) is 13.3. The van der Waals surface area contributed by atoms with Crippen molar-refractivity contribution in [1.29, 1.82) is 0 Å². The second-order valence-corrected chi connectivity index (χ2v) is 3.66. The number of allylic oxidation sites excluding steroid dienone is 1. The number of rotatable bonds is 8. The van der Waals surface area contributed by atoms with Crippen LogP contribution in [0, 0.1) is 0 Å². The molecule has 0 rings (SSSR count). The largest absolute Gasteiger partial charge is 0.385 e. The molecule has 0 heterocycles. The zero-order chi connectivity index (χ0) is 11.0. The first-order chi connectivity index (χ1) is 6.57. The highest BCUT2D eigenvalue weighted by Crippen LogP contribution is 2.05. The lowest BCUT2D eigenvalue weighted by Crippen LogP contribution is -2.30. The lowest BCUT2D eigenvalue weighted by molar-refractivity contribution is -0.120. The maximum atomic E-state index is 11.4. The number of methoxy groups -OCH3 is 1. The topological polar surface area (TPSA) is 52.3 Å². The van der Waals surface area contributed by atoms with Gasteiger partial charge in [0.1, 0.15) is 5.78 Å². The quantitative estimate of drug-likeness (QED) is 0.478. The lowest BCUT2D eigenvalue weighted by atomic mass is 10.0. The predicted octanol–water partition coefficient (Wildman–Crippen LogP) is 1.67. The Morgan fingerprint density at radius 2 is 2.14 bits per heavy atom. The van der Waals surface area contributed by atoms with Crippen molar-refractivity contribution in [3.05, 3.63) is 12.2 Å². The molecule has 3 nitrogen and oxygen atoms in total. The molecule has 0 bridgehead atoms. The first-order valence-corrected chi connectivity index (χ1v) is 4.99. The molecule has 0 aliphatic rings. The molecule has 1 unspecified atom stereocenters. The Bertz CT molecular complexity index is 190. The average molecular weight is 199 g/mol.